The number of nitrogens with zero attached hydrogens (tertiary/aromatic N) is 5. The second-order valence-electron chi connectivity index (χ2n) is 10.5. The maximum Gasteiger partial charge on any atom is 0.390 e. The molecule has 3 fully saturated rings. The highest BCUT2D eigenvalue weighted by Gasteiger charge is 2.69. The van der Waals surface area contributed by atoms with Crippen molar-refractivity contribution in [3.8, 4) is 23.8 Å². The monoisotopic (exact) mass is 522 g/mol. The molecule has 8 nitrogen and oxygen atoms in total. The third-order valence-electron chi connectivity index (χ3n) is 7.57. The molecule has 4 aliphatic rings. The molecule has 1 aromatic carbocycles. The lowest BCUT2D eigenvalue weighted by molar-refractivity contribution is -0.137. The van der Waals surface area contributed by atoms with Gasteiger partial charge in [0.05, 0.1) is 35.6 Å². The van der Waals surface area contributed by atoms with E-state index in [1.165, 1.54) is 6.08 Å². The van der Waals surface area contributed by atoms with Gasteiger partial charge in [-0.1, -0.05) is 0 Å². The number of carbonyl (C=O) groups is 1. The van der Waals surface area contributed by atoms with Gasteiger partial charge in [0, 0.05) is 18.2 Å². The van der Waals surface area contributed by atoms with Crippen LogP contribution in [0.3, 0.4) is 0 Å². The second kappa shape index (κ2) is 8.73. The smallest absolute Gasteiger partial charge is 0.390 e. The summed E-state index contributed by atoms with van der Waals surface area (Å²) in [5.41, 5.74) is 2.01. The molecule has 196 valence electrons. The molecular weight excluding hydrogens is 497 g/mol. The molecule has 1 N–H and O–H groups in total. The van der Waals surface area contributed by atoms with Crippen LogP contribution in [-0.4, -0.2) is 39.0 Å². The van der Waals surface area contributed by atoms with Crippen LogP contribution in [-0.2, 0) is 0 Å². The average molecular weight is 523 g/mol. The zero-order chi connectivity index (χ0) is 27.5. The van der Waals surface area contributed by atoms with Crippen molar-refractivity contribution in [1.82, 2.24) is 14.9 Å². The Hall–Kier alpha value is -4.12. The Morgan fingerprint density at radius 2 is 1.87 bits per heavy atom. The van der Waals surface area contributed by atoms with Crippen LogP contribution < -0.4 is 10.1 Å². The third-order valence-corrected chi connectivity index (χ3v) is 7.57. The highest BCUT2D eigenvalue weighted by atomic mass is 19.4. The van der Waals surface area contributed by atoms with Crippen LogP contribution in [0.1, 0.15) is 71.4 Å². The number of halogens is 3. The van der Waals surface area contributed by atoms with Gasteiger partial charge in [-0.05, 0) is 74.9 Å². The highest BCUT2D eigenvalue weighted by molar-refractivity contribution is 5.98. The Kier molecular flexibility index (Phi) is 5.86. The number of aryl methyl sites for hydroxylation is 2. The number of anilines is 1. The summed E-state index contributed by atoms with van der Waals surface area (Å²) >= 11 is 0. The number of ether oxygens (including phenoxy) is 1. The third kappa shape index (κ3) is 4.32. The summed E-state index contributed by atoms with van der Waals surface area (Å²) in [4.78, 5) is 23.4. The number of aromatic nitrogens is 2. The average Bonchev–Trinajstić information content (AvgIpc) is 3.03. The first kappa shape index (κ1) is 25.5. The number of nitrogens with one attached hydrogen (secondary N) is 1. The van der Waals surface area contributed by atoms with Crippen LogP contribution in [0.25, 0.3) is 6.08 Å². The Morgan fingerprint density at radius 3 is 2.45 bits per heavy atom. The molecule has 2 bridgehead atoms. The van der Waals surface area contributed by atoms with Crippen molar-refractivity contribution in [1.29, 1.82) is 10.5 Å². The van der Waals surface area contributed by atoms with Gasteiger partial charge in [-0.3, -0.25) is 4.79 Å². The second-order valence-corrected chi connectivity index (χ2v) is 10.5. The number of alkyl halides is 3. The minimum Gasteiger partial charge on any atom is -0.438 e. The van der Waals surface area contributed by atoms with Crippen LogP contribution in [0.5, 0.6) is 11.6 Å². The van der Waals surface area contributed by atoms with Gasteiger partial charge in [0.15, 0.2) is 0 Å². The minimum atomic E-state index is -4.41. The molecule has 1 aromatic heterocycles. The lowest BCUT2D eigenvalue weighted by atomic mass is 9.40. The molecule has 38 heavy (non-hydrogen) atoms. The molecule has 1 atom stereocenters. The van der Waals surface area contributed by atoms with Crippen molar-refractivity contribution < 1.29 is 22.7 Å². The number of amides is 1. The van der Waals surface area contributed by atoms with Crippen LogP contribution in [0.15, 0.2) is 18.2 Å². The molecule has 2 aromatic rings. The fraction of sp³-hybridized carbons (Fsp3) is 0.444. The molecule has 0 radical (unpaired) electrons. The van der Waals surface area contributed by atoms with Gasteiger partial charge in [-0.2, -0.15) is 28.7 Å². The van der Waals surface area contributed by atoms with E-state index in [1.54, 1.807) is 13.0 Å². The molecule has 1 aliphatic heterocycles. The van der Waals surface area contributed by atoms with E-state index in [9.17, 15) is 23.2 Å². The van der Waals surface area contributed by atoms with Gasteiger partial charge >= 0.3 is 6.18 Å². The quantitative estimate of drug-likeness (QED) is 0.461. The molecule has 3 saturated carbocycles. The number of benzene rings is 1. The Bertz CT molecular complexity index is 1410. The first-order valence-corrected chi connectivity index (χ1v) is 12.2. The van der Waals surface area contributed by atoms with Gasteiger partial charge in [0.2, 0.25) is 11.8 Å². The molecule has 3 aliphatic carbocycles. The molecule has 6 rings (SSSR count). The summed E-state index contributed by atoms with van der Waals surface area (Å²) in [7, 11) is 0. The van der Waals surface area contributed by atoms with E-state index in [4.69, 9.17) is 10.00 Å². The van der Waals surface area contributed by atoms with Gasteiger partial charge in [0.1, 0.15) is 11.4 Å². The van der Waals surface area contributed by atoms with Gasteiger partial charge in [-0.25, -0.2) is 4.98 Å². The van der Waals surface area contributed by atoms with Crippen LogP contribution in [0.4, 0.5) is 19.1 Å². The lowest BCUT2D eigenvalue weighted by Crippen LogP contribution is -2.70. The first-order chi connectivity index (χ1) is 17.9. The predicted octanol–water partition coefficient (Wildman–Crippen LogP) is 5.75. The minimum absolute atomic E-state index is 0.0117. The molecular formula is C27H25F3N6O2. The zero-order valence-electron chi connectivity index (χ0n) is 21.1. The van der Waals surface area contributed by atoms with E-state index in [0.29, 0.717) is 30.6 Å². The van der Waals surface area contributed by atoms with Gasteiger partial charge in [-0.15, -0.1) is 0 Å². The van der Waals surface area contributed by atoms with Crippen LogP contribution >= 0.6 is 0 Å². The molecule has 1 amide bonds. The van der Waals surface area contributed by atoms with Crippen molar-refractivity contribution in [2.24, 2.45) is 5.41 Å². The number of fused-ring (bicyclic) bond motifs is 1. The van der Waals surface area contributed by atoms with Gasteiger partial charge < -0.3 is 15.0 Å². The fourth-order valence-electron chi connectivity index (χ4n) is 5.88. The normalized spacial score (nSPS) is 25.3. The summed E-state index contributed by atoms with van der Waals surface area (Å²) in [6.07, 6.45) is -0.578. The van der Waals surface area contributed by atoms with E-state index >= 15 is 0 Å². The molecule has 11 heteroatoms. The van der Waals surface area contributed by atoms with Gasteiger partial charge in [0.25, 0.3) is 5.91 Å². The Morgan fingerprint density at radius 1 is 1.21 bits per heavy atom. The van der Waals surface area contributed by atoms with E-state index in [2.05, 4.69) is 21.4 Å². The fourth-order valence-corrected chi connectivity index (χ4v) is 5.88. The van der Waals surface area contributed by atoms with E-state index in [0.717, 1.165) is 21.6 Å². The molecule has 2 heterocycles. The van der Waals surface area contributed by atoms with Crippen LogP contribution in [0, 0.1) is 41.9 Å². The number of allylic oxidation sites excluding steroid dienone is 1. The maximum absolute atomic E-state index is 13.2. The zero-order valence-corrected chi connectivity index (χ0v) is 21.1. The van der Waals surface area contributed by atoms with Crippen molar-refractivity contribution in [3.63, 3.8) is 0 Å². The number of hydrogen-bond acceptors (Lipinski definition) is 7. The maximum atomic E-state index is 13.2. The Balaban J connectivity index is 1.51. The SMILES string of the molecule is Cc1cc(/C=C/C#N)cc(C)c1Oc1nc(NC23CC(C#N)(C2)C3)nc2c1C(C)N(CCC(F)(F)F)C2=O. The van der Waals surface area contributed by atoms with Crippen molar-refractivity contribution >= 4 is 17.9 Å². The van der Waals surface area contributed by atoms with E-state index < -0.39 is 31.1 Å². The number of hydrogen-bond donors (Lipinski definition) is 1. The first-order valence-electron chi connectivity index (χ1n) is 12.2. The molecule has 1 unspecified atom stereocenters. The largest absolute Gasteiger partial charge is 0.438 e. The highest BCUT2D eigenvalue weighted by Crippen LogP contribution is 2.67. The summed E-state index contributed by atoms with van der Waals surface area (Å²) in [5.74, 6) is 0.130. The van der Waals surface area contributed by atoms with Crippen molar-refractivity contribution in [2.75, 3.05) is 11.9 Å². The van der Waals surface area contributed by atoms with Crippen LogP contribution in [0.2, 0.25) is 0 Å². The number of carbonyl (C=O) groups excluding carboxylic acids is 1. The molecule has 0 saturated heterocycles. The van der Waals surface area contributed by atoms with Crippen molar-refractivity contribution in [3.05, 3.63) is 46.2 Å². The van der Waals surface area contributed by atoms with E-state index in [-0.39, 0.29) is 28.5 Å². The van der Waals surface area contributed by atoms with E-state index in [1.807, 2.05) is 32.0 Å². The van der Waals surface area contributed by atoms with Crippen molar-refractivity contribution in [2.45, 2.75) is 64.2 Å². The summed E-state index contributed by atoms with van der Waals surface area (Å²) in [5, 5.41) is 21.4. The topological polar surface area (TPSA) is 115 Å². The predicted molar refractivity (Wildman–Crippen MR) is 131 cm³/mol. The standard InChI is InChI=1S/C27H25F3N6O2/c1-15-9-18(5-4-7-31)10-16(2)21(15)38-22-19-17(3)36(8-6-27(28,29)30)23(37)20(19)33-24(34-22)35-26-11-25(12-26,13-26)14-32/h4-5,9-10,17H,6,8,11-13H2,1-3H3,(H,33,34,35)/b5-4+. The lowest BCUT2D eigenvalue weighted by Gasteiger charge is -2.66. The molecule has 0 spiro atoms. The number of nitriles is 2. The summed E-state index contributed by atoms with van der Waals surface area (Å²) in [6.45, 7) is 4.80. The number of rotatable bonds is 7. The Labute approximate surface area is 217 Å². The summed E-state index contributed by atoms with van der Waals surface area (Å²) < 4.78 is 45.2. The summed E-state index contributed by atoms with van der Waals surface area (Å²) in [6, 6.07) is 7.24.